The van der Waals surface area contributed by atoms with E-state index in [0.29, 0.717) is 18.4 Å². The van der Waals surface area contributed by atoms with Gasteiger partial charge in [0, 0.05) is 26.6 Å². The average Bonchev–Trinajstić information content (AvgIpc) is 3.25. The van der Waals surface area contributed by atoms with Gasteiger partial charge in [-0.2, -0.15) is 5.10 Å². The lowest BCUT2D eigenvalue weighted by Crippen LogP contribution is -2.19. The Morgan fingerprint density at radius 2 is 1.92 bits per heavy atom. The van der Waals surface area contributed by atoms with Crippen molar-refractivity contribution in [3.8, 4) is 0 Å². The first-order chi connectivity index (χ1) is 12.1. The molecule has 25 heavy (non-hydrogen) atoms. The minimum absolute atomic E-state index is 0.222. The van der Waals surface area contributed by atoms with Crippen molar-refractivity contribution < 1.29 is 4.39 Å². The van der Waals surface area contributed by atoms with E-state index in [-0.39, 0.29) is 5.82 Å². The number of hydrogen-bond acceptors (Lipinski definition) is 4. The van der Waals surface area contributed by atoms with Gasteiger partial charge in [-0.05, 0) is 30.5 Å². The van der Waals surface area contributed by atoms with Crippen LogP contribution in [0.15, 0.2) is 30.5 Å². The number of fused-ring (bicyclic) bond motifs is 1. The monoisotopic (exact) mass is 339 g/mol. The first-order valence-electron chi connectivity index (χ1n) is 8.77. The van der Waals surface area contributed by atoms with E-state index in [1.54, 1.807) is 12.1 Å². The molecule has 1 fully saturated rings. The second kappa shape index (κ2) is 6.43. The van der Waals surface area contributed by atoms with Crippen LogP contribution in [0.25, 0.3) is 11.0 Å². The molecule has 6 heteroatoms. The molecule has 0 amide bonds. The van der Waals surface area contributed by atoms with Crippen LogP contribution >= 0.6 is 0 Å². The summed E-state index contributed by atoms with van der Waals surface area (Å²) >= 11 is 0. The topological polar surface area (TPSA) is 46.8 Å². The standard InChI is InChI=1S/C19H22FN5/c1-24(12-13-7-9-15(20)10-8-13)19-21-11-16-18(22-19)17(23-25(16)2)14-5-3-4-6-14/h7-11,14H,3-6,12H2,1-2H3. The molecule has 0 atom stereocenters. The molecule has 0 spiro atoms. The van der Waals surface area contributed by atoms with Crippen molar-refractivity contribution in [1.82, 2.24) is 19.7 Å². The molecule has 0 unspecified atom stereocenters. The van der Waals surface area contributed by atoms with Crippen molar-refractivity contribution in [2.45, 2.75) is 38.1 Å². The lowest BCUT2D eigenvalue weighted by molar-refractivity contribution is 0.627. The summed E-state index contributed by atoms with van der Waals surface area (Å²) in [6.45, 7) is 0.630. The van der Waals surface area contributed by atoms with Gasteiger partial charge in [0.05, 0.1) is 11.9 Å². The van der Waals surface area contributed by atoms with E-state index >= 15 is 0 Å². The summed E-state index contributed by atoms with van der Waals surface area (Å²) in [5.41, 5.74) is 4.06. The molecular formula is C19H22FN5. The van der Waals surface area contributed by atoms with E-state index in [1.165, 1.54) is 37.8 Å². The molecule has 0 saturated heterocycles. The third-order valence-corrected chi connectivity index (χ3v) is 5.02. The van der Waals surface area contributed by atoms with Gasteiger partial charge in [-0.3, -0.25) is 4.68 Å². The fourth-order valence-corrected chi connectivity index (χ4v) is 3.65. The number of benzene rings is 1. The summed E-state index contributed by atoms with van der Waals surface area (Å²) in [5.74, 6) is 0.957. The largest absolute Gasteiger partial charge is 0.340 e. The number of hydrogen-bond donors (Lipinski definition) is 0. The van der Waals surface area contributed by atoms with Crippen LogP contribution in [-0.2, 0) is 13.6 Å². The normalized spacial score (nSPS) is 15.2. The second-order valence-corrected chi connectivity index (χ2v) is 6.88. The molecule has 0 N–H and O–H groups in total. The summed E-state index contributed by atoms with van der Waals surface area (Å²) < 4.78 is 15.0. The zero-order chi connectivity index (χ0) is 17.4. The Labute approximate surface area is 146 Å². The van der Waals surface area contributed by atoms with Gasteiger partial charge in [-0.15, -0.1) is 0 Å². The molecule has 0 bridgehead atoms. The molecule has 1 aliphatic carbocycles. The Morgan fingerprint density at radius 3 is 2.64 bits per heavy atom. The lowest BCUT2D eigenvalue weighted by Gasteiger charge is -2.17. The van der Waals surface area contributed by atoms with Crippen molar-refractivity contribution >= 4 is 17.0 Å². The van der Waals surface area contributed by atoms with Crippen molar-refractivity contribution in [3.05, 3.63) is 47.5 Å². The lowest BCUT2D eigenvalue weighted by atomic mass is 10.0. The first kappa shape index (κ1) is 16.0. The molecule has 1 aromatic carbocycles. The molecule has 0 aliphatic heterocycles. The minimum atomic E-state index is -0.222. The van der Waals surface area contributed by atoms with Gasteiger partial charge < -0.3 is 4.90 Å². The Balaban J connectivity index is 1.65. The van der Waals surface area contributed by atoms with Gasteiger partial charge in [-0.1, -0.05) is 25.0 Å². The molecule has 1 aliphatic rings. The minimum Gasteiger partial charge on any atom is -0.340 e. The quantitative estimate of drug-likeness (QED) is 0.725. The van der Waals surface area contributed by atoms with Crippen LogP contribution in [-0.4, -0.2) is 26.8 Å². The van der Waals surface area contributed by atoms with Crippen LogP contribution in [0.2, 0.25) is 0 Å². The first-order valence-corrected chi connectivity index (χ1v) is 8.77. The van der Waals surface area contributed by atoms with Gasteiger partial charge in [0.25, 0.3) is 0 Å². The predicted octanol–water partition coefficient (Wildman–Crippen LogP) is 3.80. The van der Waals surface area contributed by atoms with Crippen LogP contribution in [0.1, 0.15) is 42.9 Å². The zero-order valence-electron chi connectivity index (χ0n) is 14.6. The summed E-state index contributed by atoms with van der Waals surface area (Å²) in [4.78, 5) is 11.3. The van der Waals surface area contributed by atoms with E-state index in [9.17, 15) is 4.39 Å². The number of halogens is 1. The highest BCUT2D eigenvalue weighted by Gasteiger charge is 2.24. The number of anilines is 1. The number of aryl methyl sites for hydroxylation is 1. The van der Waals surface area contributed by atoms with Gasteiger partial charge in [0.1, 0.15) is 16.9 Å². The van der Waals surface area contributed by atoms with E-state index < -0.39 is 0 Å². The van der Waals surface area contributed by atoms with Crippen LogP contribution in [0, 0.1) is 5.82 Å². The third-order valence-electron chi connectivity index (χ3n) is 5.02. The molecular weight excluding hydrogens is 317 g/mol. The molecule has 4 rings (SSSR count). The average molecular weight is 339 g/mol. The highest BCUT2D eigenvalue weighted by Crippen LogP contribution is 2.36. The van der Waals surface area contributed by atoms with Crippen molar-refractivity contribution in [2.75, 3.05) is 11.9 Å². The van der Waals surface area contributed by atoms with Crippen LogP contribution in [0.4, 0.5) is 10.3 Å². The highest BCUT2D eigenvalue weighted by molar-refractivity contribution is 5.78. The third kappa shape index (κ3) is 3.08. The molecule has 2 aromatic heterocycles. The van der Waals surface area contributed by atoms with Crippen molar-refractivity contribution in [3.63, 3.8) is 0 Å². The Morgan fingerprint density at radius 1 is 1.20 bits per heavy atom. The van der Waals surface area contributed by atoms with Crippen LogP contribution in [0.5, 0.6) is 0 Å². The van der Waals surface area contributed by atoms with E-state index in [2.05, 4.69) is 4.98 Å². The number of aromatic nitrogens is 4. The van der Waals surface area contributed by atoms with Gasteiger partial charge >= 0.3 is 0 Å². The molecule has 1 saturated carbocycles. The van der Waals surface area contributed by atoms with Gasteiger partial charge in [0.2, 0.25) is 5.95 Å². The molecule has 2 heterocycles. The smallest absolute Gasteiger partial charge is 0.226 e. The highest BCUT2D eigenvalue weighted by atomic mass is 19.1. The SMILES string of the molecule is CN(Cc1ccc(F)cc1)c1ncc2c(n1)c(C1CCCC1)nn2C. The van der Waals surface area contributed by atoms with E-state index in [0.717, 1.165) is 22.3 Å². The Kier molecular flexibility index (Phi) is 4.11. The van der Waals surface area contributed by atoms with Crippen molar-refractivity contribution in [2.24, 2.45) is 7.05 Å². The van der Waals surface area contributed by atoms with Crippen molar-refractivity contribution in [1.29, 1.82) is 0 Å². The van der Waals surface area contributed by atoms with Crippen LogP contribution in [0.3, 0.4) is 0 Å². The zero-order valence-corrected chi connectivity index (χ0v) is 14.6. The fourth-order valence-electron chi connectivity index (χ4n) is 3.65. The van der Waals surface area contributed by atoms with Gasteiger partial charge in [0.15, 0.2) is 0 Å². The molecule has 5 nitrogen and oxygen atoms in total. The van der Waals surface area contributed by atoms with E-state index in [1.807, 2.05) is 29.9 Å². The maximum absolute atomic E-state index is 13.1. The predicted molar refractivity (Wildman–Crippen MR) is 96.0 cm³/mol. The van der Waals surface area contributed by atoms with Crippen LogP contribution < -0.4 is 4.90 Å². The Bertz CT molecular complexity index is 881. The number of nitrogens with zero attached hydrogens (tertiary/aromatic N) is 5. The van der Waals surface area contributed by atoms with Gasteiger partial charge in [-0.25, -0.2) is 14.4 Å². The summed E-state index contributed by atoms with van der Waals surface area (Å²) in [7, 11) is 3.90. The maximum atomic E-state index is 13.1. The fraction of sp³-hybridized carbons (Fsp3) is 0.421. The maximum Gasteiger partial charge on any atom is 0.226 e. The second-order valence-electron chi connectivity index (χ2n) is 6.88. The molecule has 130 valence electrons. The summed E-state index contributed by atoms with van der Waals surface area (Å²) in [5, 5.41) is 4.72. The number of rotatable bonds is 4. The van der Waals surface area contributed by atoms with E-state index in [4.69, 9.17) is 10.1 Å². The Hall–Kier alpha value is -2.50. The molecule has 3 aromatic rings. The molecule has 0 radical (unpaired) electrons. The summed E-state index contributed by atoms with van der Waals surface area (Å²) in [6, 6.07) is 6.54. The summed E-state index contributed by atoms with van der Waals surface area (Å²) in [6.07, 6.45) is 6.77.